The fourth-order valence-corrected chi connectivity index (χ4v) is 2.92. The molecule has 0 heterocycles. The van der Waals surface area contributed by atoms with Gasteiger partial charge in [-0.05, 0) is 35.3 Å². The van der Waals surface area contributed by atoms with Crippen LogP contribution < -0.4 is 5.73 Å². The Morgan fingerprint density at radius 1 is 1.15 bits per heavy atom. The van der Waals surface area contributed by atoms with Crippen LogP contribution in [0, 0.1) is 5.41 Å². The number of nitrogens with zero attached hydrogens (tertiary/aromatic N) is 1. The predicted octanol–water partition coefficient (Wildman–Crippen LogP) is 4.24. The minimum Gasteiger partial charge on any atom is -0.409 e. The first-order valence-electron chi connectivity index (χ1n) is 6.88. The fourth-order valence-electron chi connectivity index (χ4n) is 1.74. The first kappa shape index (κ1) is 16.9. The molecule has 0 aliphatic rings. The van der Waals surface area contributed by atoms with Crippen LogP contribution in [0.15, 0.2) is 34.3 Å². The van der Waals surface area contributed by atoms with Gasteiger partial charge in [0.25, 0.3) is 0 Å². The molecule has 0 amide bonds. The van der Waals surface area contributed by atoms with Gasteiger partial charge < -0.3 is 10.9 Å². The molecule has 112 valence electrons. The summed E-state index contributed by atoms with van der Waals surface area (Å²) in [5.74, 6) is 1.24. The summed E-state index contributed by atoms with van der Waals surface area (Å²) >= 11 is 1.80. The molecule has 0 aliphatic heterocycles. The molecule has 3 nitrogen and oxygen atoms in total. The summed E-state index contributed by atoms with van der Waals surface area (Å²) < 4.78 is 0. The van der Waals surface area contributed by atoms with E-state index in [0.717, 1.165) is 12.2 Å². The van der Waals surface area contributed by atoms with Gasteiger partial charge in [-0.2, -0.15) is 0 Å². The topological polar surface area (TPSA) is 58.6 Å². The standard InChI is InChI=1S/C16H26N2OS/c1-15(2,3)12-6-8-13(9-7-12)20-11-10-16(4,5)14(17)18-19/h6-9,19H,10-11H2,1-5H3,(H2,17,18). The van der Waals surface area contributed by atoms with Crippen LogP contribution in [0.4, 0.5) is 0 Å². The summed E-state index contributed by atoms with van der Waals surface area (Å²) in [6, 6.07) is 8.72. The molecule has 0 radical (unpaired) electrons. The van der Waals surface area contributed by atoms with E-state index in [0.29, 0.717) is 5.84 Å². The molecular formula is C16H26N2OS. The Morgan fingerprint density at radius 3 is 2.15 bits per heavy atom. The van der Waals surface area contributed by atoms with Gasteiger partial charge in [0.1, 0.15) is 5.84 Å². The van der Waals surface area contributed by atoms with Gasteiger partial charge >= 0.3 is 0 Å². The van der Waals surface area contributed by atoms with Crippen LogP contribution >= 0.6 is 11.8 Å². The van der Waals surface area contributed by atoms with Gasteiger partial charge in [-0.1, -0.05) is 51.9 Å². The van der Waals surface area contributed by atoms with E-state index in [1.165, 1.54) is 10.5 Å². The van der Waals surface area contributed by atoms with Crippen molar-refractivity contribution in [1.82, 2.24) is 0 Å². The number of thioether (sulfide) groups is 1. The summed E-state index contributed by atoms with van der Waals surface area (Å²) in [4.78, 5) is 1.26. The molecule has 1 rings (SSSR count). The van der Waals surface area contributed by atoms with Crippen molar-refractivity contribution in [3.05, 3.63) is 29.8 Å². The highest BCUT2D eigenvalue weighted by atomic mass is 32.2. The lowest BCUT2D eigenvalue weighted by molar-refractivity contribution is 0.307. The molecule has 0 aliphatic carbocycles. The quantitative estimate of drug-likeness (QED) is 0.281. The molecule has 0 unspecified atom stereocenters. The van der Waals surface area contributed by atoms with E-state index in [1.54, 1.807) is 11.8 Å². The highest BCUT2D eigenvalue weighted by Crippen LogP contribution is 2.29. The van der Waals surface area contributed by atoms with Crippen molar-refractivity contribution in [3.63, 3.8) is 0 Å². The Bertz CT molecular complexity index is 458. The van der Waals surface area contributed by atoms with Gasteiger partial charge in [0.2, 0.25) is 0 Å². The summed E-state index contributed by atoms with van der Waals surface area (Å²) in [7, 11) is 0. The number of amidine groups is 1. The first-order valence-corrected chi connectivity index (χ1v) is 7.87. The number of nitrogens with two attached hydrogens (primary N) is 1. The van der Waals surface area contributed by atoms with Gasteiger partial charge in [0.05, 0.1) is 0 Å². The largest absolute Gasteiger partial charge is 0.409 e. The zero-order valence-corrected chi connectivity index (χ0v) is 13.9. The van der Waals surface area contributed by atoms with Crippen molar-refractivity contribution in [2.45, 2.75) is 51.3 Å². The summed E-state index contributed by atoms with van der Waals surface area (Å²) in [6.45, 7) is 10.6. The maximum Gasteiger partial charge on any atom is 0.144 e. The highest BCUT2D eigenvalue weighted by molar-refractivity contribution is 7.99. The third kappa shape index (κ3) is 4.75. The molecule has 4 heteroatoms. The van der Waals surface area contributed by atoms with Gasteiger partial charge in [0, 0.05) is 10.3 Å². The summed E-state index contributed by atoms with van der Waals surface area (Å²) in [5.41, 5.74) is 6.96. The van der Waals surface area contributed by atoms with Gasteiger partial charge in [-0.25, -0.2) is 0 Å². The Hall–Kier alpha value is -1.16. The minimum absolute atomic E-state index is 0.192. The molecule has 0 saturated heterocycles. The molecule has 0 saturated carbocycles. The molecule has 0 bridgehead atoms. The summed E-state index contributed by atoms with van der Waals surface area (Å²) in [6.07, 6.45) is 0.870. The SMILES string of the molecule is CC(C)(CCSc1ccc(C(C)(C)C)cc1)C(N)=NO. The zero-order chi connectivity index (χ0) is 15.4. The number of rotatable bonds is 5. The fraction of sp³-hybridized carbons (Fsp3) is 0.562. The van der Waals surface area contributed by atoms with E-state index >= 15 is 0 Å². The molecule has 0 fully saturated rings. The molecule has 20 heavy (non-hydrogen) atoms. The maximum absolute atomic E-state index is 8.75. The zero-order valence-electron chi connectivity index (χ0n) is 13.1. The van der Waals surface area contributed by atoms with Crippen molar-refractivity contribution in [3.8, 4) is 0 Å². The molecule has 0 atom stereocenters. The van der Waals surface area contributed by atoms with Crippen molar-refractivity contribution in [2.75, 3.05) is 5.75 Å². The number of hydrogen-bond donors (Lipinski definition) is 2. The lowest BCUT2D eigenvalue weighted by Crippen LogP contribution is -2.32. The Balaban J connectivity index is 2.55. The van der Waals surface area contributed by atoms with Crippen molar-refractivity contribution in [2.24, 2.45) is 16.3 Å². The van der Waals surface area contributed by atoms with Crippen LogP contribution in [0.3, 0.4) is 0 Å². The second-order valence-corrected chi connectivity index (χ2v) is 7.91. The first-order chi connectivity index (χ1) is 9.16. The number of benzene rings is 1. The van der Waals surface area contributed by atoms with Crippen LogP contribution in [-0.4, -0.2) is 16.8 Å². The van der Waals surface area contributed by atoms with Crippen LogP contribution in [0.1, 0.15) is 46.6 Å². The molecular weight excluding hydrogens is 268 g/mol. The second-order valence-electron chi connectivity index (χ2n) is 6.74. The smallest absolute Gasteiger partial charge is 0.144 e. The molecule has 1 aromatic rings. The Kier molecular flexibility index (Phi) is 5.51. The summed E-state index contributed by atoms with van der Waals surface area (Å²) in [5, 5.41) is 11.9. The van der Waals surface area contributed by atoms with E-state index < -0.39 is 0 Å². The normalized spacial score (nSPS) is 13.6. The van der Waals surface area contributed by atoms with Gasteiger partial charge in [-0.15, -0.1) is 11.8 Å². The van der Waals surface area contributed by atoms with E-state index in [9.17, 15) is 0 Å². The van der Waals surface area contributed by atoms with Crippen LogP contribution in [0.2, 0.25) is 0 Å². The average molecular weight is 294 g/mol. The molecule has 0 spiro atoms. The van der Waals surface area contributed by atoms with Crippen molar-refractivity contribution < 1.29 is 5.21 Å². The lowest BCUT2D eigenvalue weighted by atomic mass is 9.87. The van der Waals surface area contributed by atoms with E-state index in [-0.39, 0.29) is 10.8 Å². The lowest BCUT2D eigenvalue weighted by Gasteiger charge is -2.22. The van der Waals surface area contributed by atoms with Crippen LogP contribution in [0.5, 0.6) is 0 Å². The van der Waals surface area contributed by atoms with E-state index in [2.05, 4.69) is 50.2 Å². The van der Waals surface area contributed by atoms with E-state index in [4.69, 9.17) is 10.9 Å². The van der Waals surface area contributed by atoms with Crippen molar-refractivity contribution >= 4 is 17.6 Å². The highest BCUT2D eigenvalue weighted by Gasteiger charge is 2.23. The third-order valence-corrected chi connectivity index (χ3v) is 4.53. The number of oxime groups is 1. The third-order valence-electron chi connectivity index (χ3n) is 3.52. The molecule has 1 aromatic carbocycles. The number of hydrogen-bond acceptors (Lipinski definition) is 3. The van der Waals surface area contributed by atoms with Gasteiger partial charge in [0.15, 0.2) is 0 Å². The molecule has 0 aromatic heterocycles. The minimum atomic E-state index is -0.271. The van der Waals surface area contributed by atoms with Gasteiger partial charge in [-0.3, -0.25) is 0 Å². The second kappa shape index (κ2) is 6.53. The monoisotopic (exact) mass is 294 g/mol. The average Bonchev–Trinajstić information content (AvgIpc) is 2.37. The molecule has 3 N–H and O–H groups in total. The Morgan fingerprint density at radius 2 is 1.70 bits per heavy atom. The van der Waals surface area contributed by atoms with Crippen LogP contribution in [0.25, 0.3) is 0 Å². The predicted molar refractivity (Wildman–Crippen MR) is 87.7 cm³/mol. The van der Waals surface area contributed by atoms with Crippen molar-refractivity contribution in [1.29, 1.82) is 0 Å². The van der Waals surface area contributed by atoms with Crippen LogP contribution in [-0.2, 0) is 5.41 Å². The van der Waals surface area contributed by atoms with E-state index in [1.807, 2.05) is 13.8 Å². The maximum atomic E-state index is 8.75. The Labute approximate surface area is 126 Å².